The second kappa shape index (κ2) is 8.54. The first-order chi connectivity index (χ1) is 12.5. The van der Waals surface area contributed by atoms with E-state index in [9.17, 15) is 4.79 Å². The van der Waals surface area contributed by atoms with Gasteiger partial charge in [0.2, 0.25) is 0 Å². The van der Waals surface area contributed by atoms with Crippen molar-refractivity contribution >= 4 is 23.5 Å². The molecule has 0 aromatic carbocycles. The summed E-state index contributed by atoms with van der Waals surface area (Å²) in [5, 5.41) is 10.5. The fourth-order valence-electron chi connectivity index (χ4n) is 3.29. The molecule has 3 heterocycles. The third-order valence-corrected chi connectivity index (χ3v) is 5.37. The zero-order valence-electron chi connectivity index (χ0n) is 15.3. The Bertz CT molecular complexity index is 749. The fraction of sp³-hybridized carbons (Fsp3) is 0.450. The highest BCUT2D eigenvalue weighted by molar-refractivity contribution is 7.99. The Hall–Kier alpha value is -2.08. The van der Waals surface area contributed by atoms with Crippen LogP contribution in [0.25, 0.3) is 11.3 Å². The minimum Gasteiger partial charge on any atom is -0.481 e. The van der Waals surface area contributed by atoms with E-state index in [0.29, 0.717) is 5.25 Å². The molecule has 1 N–H and O–H groups in total. The van der Waals surface area contributed by atoms with Gasteiger partial charge in [-0.05, 0) is 43.0 Å². The van der Waals surface area contributed by atoms with Gasteiger partial charge in [-0.15, -0.1) is 11.8 Å². The zero-order valence-corrected chi connectivity index (χ0v) is 16.1. The van der Waals surface area contributed by atoms with E-state index in [4.69, 9.17) is 10.1 Å². The number of carboxylic acids is 1. The van der Waals surface area contributed by atoms with E-state index in [2.05, 4.69) is 29.8 Å². The molecule has 0 amide bonds. The predicted molar refractivity (Wildman–Crippen MR) is 106 cm³/mol. The third kappa shape index (κ3) is 4.97. The van der Waals surface area contributed by atoms with Gasteiger partial charge in [0.25, 0.3) is 0 Å². The molecule has 6 heteroatoms. The van der Waals surface area contributed by atoms with Crippen LogP contribution in [0.4, 0.5) is 5.82 Å². The summed E-state index contributed by atoms with van der Waals surface area (Å²) in [6.45, 7) is 6.01. The van der Waals surface area contributed by atoms with Crippen molar-refractivity contribution in [2.75, 3.05) is 18.0 Å². The van der Waals surface area contributed by atoms with Crippen LogP contribution in [0.15, 0.2) is 41.6 Å². The Morgan fingerprint density at radius 2 is 2.19 bits per heavy atom. The van der Waals surface area contributed by atoms with E-state index in [0.717, 1.165) is 48.0 Å². The Labute approximate surface area is 158 Å². The summed E-state index contributed by atoms with van der Waals surface area (Å²) in [6, 6.07) is 10.1. The van der Waals surface area contributed by atoms with E-state index in [-0.39, 0.29) is 12.3 Å². The second-order valence-electron chi connectivity index (χ2n) is 6.98. The van der Waals surface area contributed by atoms with E-state index >= 15 is 0 Å². The molecular weight excluding hydrogens is 346 g/mol. The van der Waals surface area contributed by atoms with Gasteiger partial charge in [0.05, 0.1) is 10.7 Å². The monoisotopic (exact) mass is 371 g/mol. The molecule has 2 aromatic heterocycles. The average molecular weight is 372 g/mol. The maximum atomic E-state index is 11.0. The van der Waals surface area contributed by atoms with Gasteiger partial charge in [0, 0.05) is 36.5 Å². The van der Waals surface area contributed by atoms with Gasteiger partial charge in [0.1, 0.15) is 5.82 Å². The first-order valence-electron chi connectivity index (χ1n) is 9.08. The van der Waals surface area contributed by atoms with Crippen molar-refractivity contribution in [3.8, 4) is 11.3 Å². The van der Waals surface area contributed by atoms with Gasteiger partial charge in [-0.2, -0.15) is 0 Å². The highest BCUT2D eigenvalue weighted by Gasteiger charge is 2.22. The Balaban J connectivity index is 1.71. The number of piperidine rings is 1. The van der Waals surface area contributed by atoms with Gasteiger partial charge in [-0.3, -0.25) is 4.79 Å². The Morgan fingerprint density at radius 1 is 1.35 bits per heavy atom. The topological polar surface area (TPSA) is 66.3 Å². The highest BCUT2D eigenvalue weighted by Crippen LogP contribution is 2.27. The van der Waals surface area contributed by atoms with Crippen molar-refractivity contribution in [1.82, 2.24) is 9.97 Å². The van der Waals surface area contributed by atoms with E-state index in [1.807, 2.05) is 30.5 Å². The molecular formula is C20H25N3O2S. The smallest absolute Gasteiger partial charge is 0.303 e. The molecule has 0 radical (unpaired) electrons. The number of carboxylic acid groups (broad SMARTS) is 1. The molecule has 0 bridgehead atoms. The molecule has 0 spiro atoms. The van der Waals surface area contributed by atoms with Crippen molar-refractivity contribution in [2.24, 2.45) is 5.92 Å². The van der Waals surface area contributed by atoms with Crippen molar-refractivity contribution in [3.05, 3.63) is 36.5 Å². The van der Waals surface area contributed by atoms with Crippen LogP contribution < -0.4 is 4.90 Å². The van der Waals surface area contributed by atoms with Crippen LogP contribution in [0.2, 0.25) is 0 Å². The molecule has 0 saturated carbocycles. The summed E-state index contributed by atoms with van der Waals surface area (Å²) in [4.78, 5) is 22.5. The number of rotatable bonds is 6. The molecule has 5 nitrogen and oxygen atoms in total. The summed E-state index contributed by atoms with van der Waals surface area (Å²) in [7, 11) is 0. The molecule has 1 saturated heterocycles. The number of aromatic nitrogens is 2. The van der Waals surface area contributed by atoms with Crippen LogP contribution in [0.3, 0.4) is 0 Å². The van der Waals surface area contributed by atoms with Gasteiger partial charge in [-0.1, -0.05) is 19.9 Å². The number of aliphatic carboxylic acids is 1. The highest BCUT2D eigenvalue weighted by atomic mass is 32.2. The molecule has 1 aliphatic rings. The van der Waals surface area contributed by atoms with Crippen LogP contribution in [-0.4, -0.2) is 39.4 Å². The lowest BCUT2D eigenvalue weighted by atomic mass is 9.95. The summed E-state index contributed by atoms with van der Waals surface area (Å²) < 4.78 is 0. The second-order valence-corrected chi connectivity index (χ2v) is 8.58. The molecule has 138 valence electrons. The van der Waals surface area contributed by atoms with Crippen molar-refractivity contribution < 1.29 is 9.90 Å². The summed E-state index contributed by atoms with van der Waals surface area (Å²) >= 11 is 1.75. The largest absolute Gasteiger partial charge is 0.481 e. The SMILES string of the molecule is CC(C)Sc1cccc(-c2ccc(N3CCCC(CC(=O)O)C3)nc2)n1. The minimum absolute atomic E-state index is 0.203. The Kier molecular flexibility index (Phi) is 6.14. The zero-order chi connectivity index (χ0) is 18.5. The lowest BCUT2D eigenvalue weighted by Crippen LogP contribution is -2.36. The molecule has 1 fully saturated rings. The van der Waals surface area contributed by atoms with Crippen LogP contribution in [0, 0.1) is 5.92 Å². The summed E-state index contributed by atoms with van der Waals surface area (Å²) in [5.74, 6) is 0.399. The van der Waals surface area contributed by atoms with Gasteiger partial charge in [-0.25, -0.2) is 9.97 Å². The molecule has 3 rings (SSSR count). The molecule has 1 unspecified atom stereocenters. The quantitative estimate of drug-likeness (QED) is 0.762. The lowest BCUT2D eigenvalue weighted by Gasteiger charge is -2.33. The third-order valence-electron chi connectivity index (χ3n) is 4.43. The average Bonchev–Trinajstić information content (AvgIpc) is 2.61. The number of anilines is 1. The number of hydrogen-bond donors (Lipinski definition) is 1. The standard InChI is InChI=1S/C20H25N3O2S/c1-14(2)26-19-7-3-6-17(22-19)16-8-9-18(21-12-16)23-10-4-5-15(13-23)11-20(24)25/h3,6-9,12,14-15H,4-5,10-11,13H2,1-2H3,(H,24,25). The fourth-order valence-corrected chi connectivity index (χ4v) is 4.09. The van der Waals surface area contributed by atoms with Crippen molar-refractivity contribution in [1.29, 1.82) is 0 Å². The first kappa shape index (κ1) is 18.7. The van der Waals surface area contributed by atoms with Crippen LogP contribution >= 0.6 is 11.8 Å². The number of carbonyl (C=O) groups is 1. The Morgan fingerprint density at radius 3 is 2.88 bits per heavy atom. The van der Waals surface area contributed by atoms with Gasteiger partial charge in [0.15, 0.2) is 0 Å². The molecule has 2 aromatic rings. The predicted octanol–water partition coefficient (Wildman–Crippen LogP) is 4.34. The van der Waals surface area contributed by atoms with Gasteiger partial charge < -0.3 is 10.0 Å². The number of thioether (sulfide) groups is 1. The van der Waals surface area contributed by atoms with E-state index in [1.165, 1.54) is 0 Å². The van der Waals surface area contributed by atoms with Gasteiger partial charge >= 0.3 is 5.97 Å². The number of pyridine rings is 2. The van der Waals surface area contributed by atoms with E-state index in [1.54, 1.807) is 11.8 Å². The normalized spacial score (nSPS) is 17.5. The summed E-state index contributed by atoms with van der Waals surface area (Å²) in [5.41, 5.74) is 1.93. The van der Waals surface area contributed by atoms with Crippen molar-refractivity contribution in [3.63, 3.8) is 0 Å². The maximum Gasteiger partial charge on any atom is 0.303 e. The lowest BCUT2D eigenvalue weighted by molar-refractivity contribution is -0.138. The minimum atomic E-state index is -0.717. The van der Waals surface area contributed by atoms with Crippen LogP contribution in [0.1, 0.15) is 33.1 Å². The molecule has 1 atom stereocenters. The van der Waals surface area contributed by atoms with Crippen molar-refractivity contribution in [2.45, 2.75) is 43.4 Å². The number of nitrogens with zero attached hydrogens (tertiary/aromatic N) is 3. The van der Waals surface area contributed by atoms with Crippen LogP contribution in [0.5, 0.6) is 0 Å². The molecule has 26 heavy (non-hydrogen) atoms. The maximum absolute atomic E-state index is 11.0. The van der Waals surface area contributed by atoms with E-state index < -0.39 is 5.97 Å². The van der Waals surface area contributed by atoms with Crippen LogP contribution in [-0.2, 0) is 4.79 Å². The molecule has 1 aliphatic heterocycles. The number of hydrogen-bond acceptors (Lipinski definition) is 5. The molecule has 0 aliphatic carbocycles. The first-order valence-corrected chi connectivity index (χ1v) is 9.96. The summed E-state index contributed by atoms with van der Waals surface area (Å²) in [6.07, 6.45) is 4.09.